The highest BCUT2D eigenvalue weighted by molar-refractivity contribution is 7.99. The first-order valence-corrected chi connectivity index (χ1v) is 8.01. The molecule has 3 rings (SSSR count). The monoisotopic (exact) mass is 263 g/mol. The quantitative estimate of drug-likeness (QED) is 0.902. The number of aromatic nitrogens is 1. The van der Waals surface area contributed by atoms with Gasteiger partial charge in [-0.15, -0.1) is 0 Å². The molecule has 2 heterocycles. The van der Waals surface area contributed by atoms with Crippen molar-refractivity contribution in [2.24, 2.45) is 0 Å². The van der Waals surface area contributed by atoms with Crippen LogP contribution < -0.4 is 10.2 Å². The number of thioether (sulfide) groups is 1. The van der Waals surface area contributed by atoms with Gasteiger partial charge in [-0.3, -0.25) is 0 Å². The van der Waals surface area contributed by atoms with E-state index >= 15 is 0 Å². The lowest BCUT2D eigenvalue weighted by Crippen LogP contribution is -2.40. The molecule has 3 nitrogen and oxygen atoms in total. The Morgan fingerprint density at radius 2 is 2.33 bits per heavy atom. The summed E-state index contributed by atoms with van der Waals surface area (Å²) < 4.78 is 0. The molecule has 0 radical (unpaired) electrons. The van der Waals surface area contributed by atoms with Gasteiger partial charge < -0.3 is 10.2 Å². The number of nitrogens with one attached hydrogen (secondary N) is 1. The largest absolute Gasteiger partial charge is 0.352 e. The molecule has 1 saturated carbocycles. The van der Waals surface area contributed by atoms with Crippen molar-refractivity contribution in [3.63, 3.8) is 0 Å². The molecule has 0 aromatic carbocycles. The Hall–Kier alpha value is -0.740. The molecule has 0 amide bonds. The van der Waals surface area contributed by atoms with Gasteiger partial charge in [0.15, 0.2) is 0 Å². The van der Waals surface area contributed by atoms with Crippen molar-refractivity contribution >= 4 is 17.6 Å². The van der Waals surface area contributed by atoms with Crippen LogP contribution in [0, 0.1) is 0 Å². The van der Waals surface area contributed by atoms with E-state index in [0.717, 1.165) is 24.9 Å². The summed E-state index contributed by atoms with van der Waals surface area (Å²) in [6.45, 7) is 4.37. The number of hydrogen-bond acceptors (Lipinski definition) is 4. The molecule has 18 heavy (non-hydrogen) atoms. The average molecular weight is 263 g/mol. The maximum atomic E-state index is 4.63. The summed E-state index contributed by atoms with van der Waals surface area (Å²) in [6.07, 6.45) is 4.71. The molecule has 1 N–H and O–H groups in total. The van der Waals surface area contributed by atoms with Gasteiger partial charge in [0.05, 0.1) is 0 Å². The van der Waals surface area contributed by atoms with Gasteiger partial charge in [-0.05, 0) is 31.4 Å². The third-order valence-electron chi connectivity index (χ3n) is 3.64. The number of anilines is 1. The van der Waals surface area contributed by atoms with Crippen molar-refractivity contribution in [1.82, 2.24) is 10.3 Å². The van der Waals surface area contributed by atoms with Crippen LogP contribution in [0.3, 0.4) is 0 Å². The Balaban J connectivity index is 1.61. The van der Waals surface area contributed by atoms with Crippen LogP contribution in [-0.2, 0) is 6.54 Å². The van der Waals surface area contributed by atoms with Crippen molar-refractivity contribution in [3.05, 3.63) is 23.9 Å². The Kier molecular flexibility index (Phi) is 3.75. The SMILES string of the molecule is CC1CSCCN1c1ccc(CNC2CC2)cn1. The maximum absolute atomic E-state index is 4.63. The van der Waals surface area contributed by atoms with E-state index in [2.05, 4.69) is 34.3 Å². The average Bonchev–Trinajstić information content (AvgIpc) is 3.22. The zero-order valence-corrected chi connectivity index (χ0v) is 11.7. The number of nitrogens with zero attached hydrogens (tertiary/aromatic N) is 2. The minimum absolute atomic E-state index is 0.603. The molecule has 1 aromatic rings. The normalized spacial score (nSPS) is 24.3. The molecule has 1 saturated heterocycles. The Labute approximate surface area is 113 Å². The highest BCUT2D eigenvalue weighted by atomic mass is 32.2. The van der Waals surface area contributed by atoms with Crippen molar-refractivity contribution in [1.29, 1.82) is 0 Å². The molecule has 1 unspecified atom stereocenters. The standard InChI is InChI=1S/C14H21N3S/c1-11-10-18-7-6-17(11)14-5-2-12(9-16-14)8-15-13-3-4-13/h2,5,9,11,13,15H,3-4,6-8,10H2,1H3. The number of hydrogen-bond donors (Lipinski definition) is 1. The lowest BCUT2D eigenvalue weighted by molar-refractivity contribution is 0.677. The summed E-state index contributed by atoms with van der Waals surface area (Å²) >= 11 is 2.04. The molecule has 1 aromatic heterocycles. The maximum Gasteiger partial charge on any atom is 0.128 e. The van der Waals surface area contributed by atoms with Crippen LogP contribution in [-0.4, -0.2) is 35.1 Å². The van der Waals surface area contributed by atoms with E-state index in [1.54, 1.807) is 0 Å². The second-order valence-electron chi connectivity index (χ2n) is 5.30. The van der Waals surface area contributed by atoms with Crippen molar-refractivity contribution in [2.45, 2.75) is 38.4 Å². The molecular formula is C14H21N3S. The summed E-state index contributed by atoms with van der Waals surface area (Å²) in [5.41, 5.74) is 1.30. The van der Waals surface area contributed by atoms with Crippen LogP contribution in [0.5, 0.6) is 0 Å². The van der Waals surface area contributed by atoms with Crippen LogP contribution >= 0.6 is 11.8 Å². The van der Waals surface area contributed by atoms with Gasteiger partial charge >= 0.3 is 0 Å². The zero-order valence-electron chi connectivity index (χ0n) is 10.9. The fraction of sp³-hybridized carbons (Fsp3) is 0.643. The van der Waals surface area contributed by atoms with Crippen molar-refractivity contribution in [2.75, 3.05) is 23.0 Å². The summed E-state index contributed by atoms with van der Waals surface area (Å²) in [7, 11) is 0. The predicted molar refractivity (Wildman–Crippen MR) is 78.2 cm³/mol. The minimum Gasteiger partial charge on any atom is -0.352 e. The third-order valence-corrected chi connectivity index (χ3v) is 4.83. The van der Waals surface area contributed by atoms with Gasteiger partial charge in [0.2, 0.25) is 0 Å². The minimum atomic E-state index is 0.603. The van der Waals surface area contributed by atoms with Crippen LogP contribution in [0.1, 0.15) is 25.3 Å². The van der Waals surface area contributed by atoms with E-state index in [-0.39, 0.29) is 0 Å². The van der Waals surface area contributed by atoms with Gasteiger partial charge in [0, 0.05) is 42.9 Å². The van der Waals surface area contributed by atoms with E-state index in [9.17, 15) is 0 Å². The second-order valence-corrected chi connectivity index (χ2v) is 6.45. The van der Waals surface area contributed by atoms with E-state index in [1.165, 1.54) is 29.9 Å². The summed E-state index contributed by atoms with van der Waals surface area (Å²) in [5, 5.41) is 3.52. The first-order chi connectivity index (χ1) is 8.83. The second kappa shape index (κ2) is 5.49. The molecule has 2 aliphatic rings. The van der Waals surface area contributed by atoms with Crippen LogP contribution in [0.4, 0.5) is 5.82 Å². The summed E-state index contributed by atoms with van der Waals surface area (Å²) in [4.78, 5) is 7.05. The number of rotatable bonds is 4. The molecular weight excluding hydrogens is 242 g/mol. The number of pyridine rings is 1. The fourth-order valence-electron chi connectivity index (χ4n) is 2.31. The smallest absolute Gasteiger partial charge is 0.128 e. The molecule has 1 aliphatic carbocycles. The van der Waals surface area contributed by atoms with Gasteiger partial charge in [-0.25, -0.2) is 4.98 Å². The van der Waals surface area contributed by atoms with Crippen LogP contribution in [0.15, 0.2) is 18.3 Å². The van der Waals surface area contributed by atoms with Crippen LogP contribution in [0.2, 0.25) is 0 Å². The fourth-order valence-corrected chi connectivity index (χ4v) is 3.32. The van der Waals surface area contributed by atoms with Gasteiger partial charge in [0.1, 0.15) is 5.82 Å². The van der Waals surface area contributed by atoms with E-state index < -0.39 is 0 Å². The molecule has 2 fully saturated rings. The Morgan fingerprint density at radius 3 is 3.00 bits per heavy atom. The highest BCUT2D eigenvalue weighted by Crippen LogP contribution is 2.22. The molecule has 4 heteroatoms. The third kappa shape index (κ3) is 2.98. The molecule has 1 aliphatic heterocycles. The van der Waals surface area contributed by atoms with Gasteiger partial charge in [0.25, 0.3) is 0 Å². The van der Waals surface area contributed by atoms with Crippen LogP contribution in [0.25, 0.3) is 0 Å². The first kappa shape index (κ1) is 12.3. The van der Waals surface area contributed by atoms with E-state index in [1.807, 2.05) is 18.0 Å². The van der Waals surface area contributed by atoms with Crippen molar-refractivity contribution in [3.8, 4) is 0 Å². The summed E-state index contributed by atoms with van der Waals surface area (Å²) in [6, 6.07) is 5.76. The van der Waals surface area contributed by atoms with E-state index in [4.69, 9.17) is 0 Å². The predicted octanol–water partition coefficient (Wildman–Crippen LogP) is 2.28. The first-order valence-electron chi connectivity index (χ1n) is 6.85. The lowest BCUT2D eigenvalue weighted by atomic mass is 10.2. The molecule has 0 spiro atoms. The van der Waals surface area contributed by atoms with E-state index in [0.29, 0.717) is 6.04 Å². The molecule has 0 bridgehead atoms. The zero-order chi connectivity index (χ0) is 12.4. The topological polar surface area (TPSA) is 28.2 Å². The molecule has 98 valence electrons. The summed E-state index contributed by atoms with van der Waals surface area (Å²) in [5.74, 6) is 3.57. The van der Waals surface area contributed by atoms with Gasteiger partial charge in [-0.2, -0.15) is 11.8 Å². The van der Waals surface area contributed by atoms with Gasteiger partial charge in [-0.1, -0.05) is 6.07 Å². The lowest BCUT2D eigenvalue weighted by Gasteiger charge is -2.34. The van der Waals surface area contributed by atoms with Crippen molar-refractivity contribution < 1.29 is 0 Å². The Morgan fingerprint density at radius 1 is 1.44 bits per heavy atom. The molecule has 1 atom stereocenters. The Bertz CT molecular complexity index is 389. The highest BCUT2D eigenvalue weighted by Gasteiger charge is 2.21.